The summed E-state index contributed by atoms with van der Waals surface area (Å²) in [6.45, 7) is 0.193. The zero-order valence-electron chi connectivity index (χ0n) is 9.64. The van der Waals surface area contributed by atoms with Crippen LogP contribution in [-0.2, 0) is 15.0 Å². The number of nitrogens with zero attached hydrogens (tertiary/aromatic N) is 1. The van der Waals surface area contributed by atoms with Crippen LogP contribution in [0.4, 0.5) is 9.57 Å². The number of hydrogen-bond acceptors (Lipinski definition) is 3. The smallest absolute Gasteiger partial charge is 0.302 e. The lowest BCUT2D eigenvalue weighted by Crippen LogP contribution is -2.26. The lowest BCUT2D eigenvalue weighted by atomic mass is 10.1. The van der Waals surface area contributed by atoms with Crippen molar-refractivity contribution in [1.82, 2.24) is 0 Å². The normalized spacial score (nSPS) is 20.1. The molecule has 0 saturated carbocycles. The summed E-state index contributed by atoms with van der Waals surface area (Å²) >= 11 is 7.96. The Hall–Kier alpha value is -0.410. The molecule has 2 rings (SSSR count). The molecule has 1 aromatic rings. The Bertz CT molecular complexity index is 622. The number of rotatable bonds is 3. The molecule has 104 valence electrons. The summed E-state index contributed by atoms with van der Waals surface area (Å²) in [6.07, 6.45) is 0.0335. The van der Waals surface area contributed by atoms with E-state index in [-0.39, 0.29) is 18.9 Å². The molecule has 19 heavy (non-hydrogen) atoms. The van der Waals surface area contributed by atoms with E-state index in [4.69, 9.17) is 11.6 Å². The van der Waals surface area contributed by atoms with Crippen LogP contribution in [0.1, 0.15) is 6.42 Å². The Labute approximate surface area is 129 Å². The average molecular weight is 418 g/mol. The highest BCUT2D eigenvalue weighted by Gasteiger charge is 2.34. The van der Waals surface area contributed by atoms with Gasteiger partial charge < -0.3 is 4.90 Å². The first-order valence-electron chi connectivity index (χ1n) is 5.44. The van der Waals surface area contributed by atoms with Gasteiger partial charge in [0.1, 0.15) is 0 Å². The molecule has 0 aliphatic carbocycles. The second-order valence-electron chi connectivity index (χ2n) is 4.38. The molecule has 0 aromatic heterocycles. The first-order valence-corrected chi connectivity index (χ1v) is 8.45. The van der Waals surface area contributed by atoms with Gasteiger partial charge in [0.05, 0.1) is 11.4 Å². The van der Waals surface area contributed by atoms with Crippen LogP contribution >= 0.6 is 34.2 Å². The molecule has 8 heteroatoms. The summed E-state index contributed by atoms with van der Waals surface area (Å²) in [5, 5.41) is 0.491. The average Bonchev–Trinajstić information content (AvgIpc) is 2.60. The lowest BCUT2D eigenvalue weighted by molar-refractivity contribution is -0.117. The third-order valence-electron chi connectivity index (χ3n) is 2.84. The number of hydrogen-bond donors (Lipinski definition) is 0. The highest BCUT2D eigenvalue weighted by molar-refractivity contribution is 14.1. The number of anilines is 1. The predicted octanol–water partition coefficient (Wildman–Crippen LogP) is 2.60. The van der Waals surface area contributed by atoms with Crippen LogP contribution in [0.5, 0.6) is 0 Å². The lowest BCUT2D eigenvalue weighted by Gasteiger charge is -2.18. The van der Waals surface area contributed by atoms with Crippen molar-refractivity contribution in [2.45, 2.75) is 6.42 Å². The molecule has 0 bridgehead atoms. The van der Waals surface area contributed by atoms with E-state index in [1.165, 1.54) is 4.90 Å². The van der Waals surface area contributed by atoms with E-state index in [1.54, 1.807) is 18.2 Å². The van der Waals surface area contributed by atoms with Gasteiger partial charge >= 0.3 is 10.2 Å². The van der Waals surface area contributed by atoms with E-state index >= 15 is 0 Å². The van der Waals surface area contributed by atoms with Crippen molar-refractivity contribution in [3.05, 3.63) is 26.8 Å². The Kier molecular flexibility index (Phi) is 4.36. The fraction of sp³-hybridized carbons (Fsp3) is 0.364. The Morgan fingerprint density at radius 3 is 2.79 bits per heavy atom. The van der Waals surface area contributed by atoms with Crippen molar-refractivity contribution in [2.24, 2.45) is 5.92 Å². The summed E-state index contributed by atoms with van der Waals surface area (Å²) in [5.41, 5.74) is 0.636. The molecule has 0 spiro atoms. The topological polar surface area (TPSA) is 54.5 Å². The molecule has 1 fully saturated rings. The highest BCUT2D eigenvalue weighted by Crippen LogP contribution is 2.31. The van der Waals surface area contributed by atoms with Crippen LogP contribution in [0.3, 0.4) is 0 Å². The van der Waals surface area contributed by atoms with Gasteiger partial charge in [-0.25, -0.2) is 0 Å². The zero-order valence-corrected chi connectivity index (χ0v) is 13.4. The van der Waals surface area contributed by atoms with Gasteiger partial charge in [0.25, 0.3) is 0 Å². The minimum Gasteiger partial charge on any atom is -0.311 e. The van der Waals surface area contributed by atoms with Gasteiger partial charge in [-0.05, 0) is 40.8 Å². The SMILES string of the molecule is O=C1CC(CS(=O)(=O)F)CN1c1cc(Cl)ccc1I. The van der Waals surface area contributed by atoms with Crippen LogP contribution in [0, 0.1) is 9.49 Å². The summed E-state index contributed by atoms with van der Waals surface area (Å²) in [5.74, 6) is -1.35. The molecule has 0 N–H and O–H groups in total. The van der Waals surface area contributed by atoms with Gasteiger partial charge in [-0.1, -0.05) is 11.6 Å². The second kappa shape index (κ2) is 5.53. The monoisotopic (exact) mass is 417 g/mol. The largest absolute Gasteiger partial charge is 0.311 e. The molecule has 1 atom stereocenters. The molecule has 1 unspecified atom stereocenters. The van der Waals surface area contributed by atoms with E-state index in [9.17, 15) is 17.1 Å². The summed E-state index contributed by atoms with van der Waals surface area (Å²) in [7, 11) is -4.56. The van der Waals surface area contributed by atoms with Crippen LogP contribution < -0.4 is 4.90 Å². The van der Waals surface area contributed by atoms with Gasteiger partial charge in [-0.3, -0.25) is 4.79 Å². The van der Waals surface area contributed by atoms with Gasteiger partial charge in [-0.2, -0.15) is 8.42 Å². The molecule has 1 saturated heterocycles. The summed E-state index contributed by atoms with van der Waals surface area (Å²) in [6, 6.07) is 5.12. The molecule has 4 nitrogen and oxygen atoms in total. The molecule has 0 radical (unpaired) electrons. The quantitative estimate of drug-likeness (QED) is 0.561. The van der Waals surface area contributed by atoms with E-state index in [0.29, 0.717) is 10.7 Å². The van der Waals surface area contributed by atoms with Crippen molar-refractivity contribution in [1.29, 1.82) is 0 Å². The third kappa shape index (κ3) is 3.79. The Balaban J connectivity index is 2.23. The number of carbonyl (C=O) groups is 1. The number of halogens is 3. The maximum atomic E-state index is 12.7. The minimum absolute atomic E-state index is 0.0335. The fourth-order valence-electron chi connectivity index (χ4n) is 2.10. The van der Waals surface area contributed by atoms with Crippen molar-refractivity contribution < 1.29 is 17.1 Å². The standard InChI is InChI=1S/C11H10ClFINO3S/c12-8-1-2-9(14)10(4-8)15-5-7(3-11(15)16)6-19(13,17)18/h1-2,4,7H,3,5-6H2. The molecule has 1 aliphatic heterocycles. The van der Waals surface area contributed by atoms with Crippen LogP contribution in [-0.4, -0.2) is 26.6 Å². The molecular formula is C11H10ClFINO3S. The number of amides is 1. The minimum atomic E-state index is -4.56. The fourth-order valence-corrected chi connectivity index (χ4v) is 3.68. The van der Waals surface area contributed by atoms with E-state index < -0.39 is 21.9 Å². The zero-order chi connectivity index (χ0) is 14.2. The van der Waals surface area contributed by atoms with Gasteiger partial charge in [0, 0.05) is 27.5 Å². The molecule has 1 heterocycles. The third-order valence-corrected chi connectivity index (χ3v) is 4.86. The van der Waals surface area contributed by atoms with E-state index in [2.05, 4.69) is 22.6 Å². The molecule has 1 amide bonds. The molecular weight excluding hydrogens is 408 g/mol. The van der Waals surface area contributed by atoms with E-state index in [0.717, 1.165) is 3.57 Å². The second-order valence-corrected chi connectivity index (χ2v) is 7.39. The number of carbonyl (C=O) groups excluding carboxylic acids is 1. The van der Waals surface area contributed by atoms with Crippen molar-refractivity contribution >= 4 is 56.0 Å². The van der Waals surface area contributed by atoms with Crippen molar-refractivity contribution in [2.75, 3.05) is 17.2 Å². The van der Waals surface area contributed by atoms with Gasteiger partial charge in [0.2, 0.25) is 5.91 Å². The first-order chi connectivity index (χ1) is 8.76. The van der Waals surface area contributed by atoms with Crippen LogP contribution in [0.15, 0.2) is 18.2 Å². The van der Waals surface area contributed by atoms with Crippen molar-refractivity contribution in [3.63, 3.8) is 0 Å². The first kappa shape index (κ1) is 15.0. The van der Waals surface area contributed by atoms with Gasteiger partial charge in [0.15, 0.2) is 0 Å². The van der Waals surface area contributed by atoms with Crippen LogP contribution in [0.25, 0.3) is 0 Å². The van der Waals surface area contributed by atoms with E-state index in [1.807, 2.05) is 0 Å². The summed E-state index contributed by atoms with van der Waals surface area (Å²) < 4.78 is 34.8. The maximum absolute atomic E-state index is 12.7. The molecule has 1 aliphatic rings. The molecule has 1 aromatic carbocycles. The Morgan fingerprint density at radius 2 is 2.16 bits per heavy atom. The van der Waals surface area contributed by atoms with Crippen LogP contribution in [0.2, 0.25) is 5.02 Å². The maximum Gasteiger partial charge on any atom is 0.302 e. The highest BCUT2D eigenvalue weighted by atomic mass is 127. The Morgan fingerprint density at radius 1 is 1.47 bits per heavy atom. The van der Waals surface area contributed by atoms with Gasteiger partial charge in [-0.15, -0.1) is 3.89 Å². The number of benzene rings is 1. The summed E-state index contributed by atoms with van der Waals surface area (Å²) in [4.78, 5) is 13.4. The van der Waals surface area contributed by atoms with Crippen molar-refractivity contribution in [3.8, 4) is 0 Å². The predicted molar refractivity (Wildman–Crippen MR) is 79.5 cm³/mol.